The summed E-state index contributed by atoms with van der Waals surface area (Å²) in [6, 6.07) is 1.90. The van der Waals surface area contributed by atoms with Gasteiger partial charge in [-0.15, -0.1) is 0 Å². The number of halogens is 3. The van der Waals surface area contributed by atoms with Gasteiger partial charge in [0.05, 0.1) is 10.0 Å². The molecule has 1 rings (SSSR count). The Morgan fingerprint density at radius 2 is 1.91 bits per heavy atom. The smallest absolute Gasteiger partial charge is 0.326 e. The van der Waals surface area contributed by atoms with Crippen LogP contribution in [-0.4, -0.2) is 41.6 Å². The normalized spacial score (nSPS) is 11.8. The van der Waals surface area contributed by atoms with Crippen LogP contribution in [0.2, 0.25) is 15.1 Å². The van der Waals surface area contributed by atoms with E-state index in [-0.39, 0.29) is 15.8 Å². The first kappa shape index (κ1) is 19.2. The van der Waals surface area contributed by atoms with E-state index in [1.165, 1.54) is 23.9 Å². The molecule has 0 aliphatic heterocycles. The number of thioether (sulfide) groups is 1. The summed E-state index contributed by atoms with van der Waals surface area (Å²) in [5, 5.41) is 12.1. The quantitative estimate of drug-likeness (QED) is 0.716. The minimum Gasteiger partial charge on any atom is -0.481 e. The van der Waals surface area contributed by atoms with Gasteiger partial charge in [-0.25, -0.2) is 4.79 Å². The molecule has 0 fully saturated rings. The third-order valence-electron chi connectivity index (χ3n) is 2.55. The van der Waals surface area contributed by atoms with E-state index < -0.39 is 24.5 Å². The number of carbonyl (C=O) groups is 2. The summed E-state index contributed by atoms with van der Waals surface area (Å²) < 4.78 is 5.24. The molecule has 22 heavy (non-hydrogen) atoms. The molecule has 5 nitrogen and oxygen atoms in total. The van der Waals surface area contributed by atoms with Gasteiger partial charge >= 0.3 is 5.97 Å². The van der Waals surface area contributed by atoms with Crippen LogP contribution in [0.1, 0.15) is 6.42 Å². The molecule has 0 radical (unpaired) electrons. The molecule has 0 saturated heterocycles. The number of carboxylic acid groups (broad SMARTS) is 1. The van der Waals surface area contributed by atoms with Crippen molar-refractivity contribution >= 4 is 58.4 Å². The summed E-state index contributed by atoms with van der Waals surface area (Å²) in [6.07, 6.45) is 2.18. The number of rotatable bonds is 8. The molecule has 0 aliphatic carbocycles. The van der Waals surface area contributed by atoms with E-state index in [1.54, 1.807) is 0 Å². The van der Waals surface area contributed by atoms with Gasteiger partial charge < -0.3 is 15.2 Å². The molecule has 0 spiro atoms. The van der Waals surface area contributed by atoms with Gasteiger partial charge in [-0.3, -0.25) is 4.79 Å². The molecule has 1 aromatic carbocycles. The lowest BCUT2D eigenvalue weighted by Crippen LogP contribution is -2.43. The number of ether oxygens (including phenoxy) is 1. The van der Waals surface area contributed by atoms with Crippen molar-refractivity contribution in [3.8, 4) is 5.75 Å². The van der Waals surface area contributed by atoms with E-state index in [0.29, 0.717) is 17.2 Å². The average Bonchev–Trinajstić information content (AvgIpc) is 2.41. The van der Waals surface area contributed by atoms with E-state index in [9.17, 15) is 9.59 Å². The zero-order valence-corrected chi connectivity index (χ0v) is 14.7. The molecule has 0 unspecified atom stereocenters. The van der Waals surface area contributed by atoms with Crippen LogP contribution in [-0.2, 0) is 9.59 Å². The first-order chi connectivity index (χ1) is 10.3. The zero-order chi connectivity index (χ0) is 16.7. The topological polar surface area (TPSA) is 75.6 Å². The third kappa shape index (κ3) is 6.12. The van der Waals surface area contributed by atoms with Crippen LogP contribution in [0.15, 0.2) is 12.1 Å². The van der Waals surface area contributed by atoms with Crippen LogP contribution >= 0.6 is 46.6 Å². The highest BCUT2D eigenvalue weighted by Crippen LogP contribution is 2.35. The van der Waals surface area contributed by atoms with Crippen LogP contribution in [0.4, 0.5) is 0 Å². The van der Waals surface area contributed by atoms with Crippen LogP contribution < -0.4 is 10.1 Å². The van der Waals surface area contributed by atoms with E-state index in [4.69, 9.17) is 44.6 Å². The third-order valence-corrected chi connectivity index (χ3v) is 3.98. The van der Waals surface area contributed by atoms with Crippen molar-refractivity contribution in [1.29, 1.82) is 0 Å². The lowest BCUT2D eigenvalue weighted by Gasteiger charge is -2.15. The fourth-order valence-corrected chi connectivity index (χ4v) is 2.93. The summed E-state index contributed by atoms with van der Waals surface area (Å²) in [7, 11) is 0. The molecule has 1 aromatic rings. The van der Waals surface area contributed by atoms with E-state index in [0.717, 1.165) is 0 Å². The fraction of sp³-hybridized carbons (Fsp3) is 0.385. The number of nitrogens with one attached hydrogen (secondary N) is 1. The second-order valence-corrected chi connectivity index (χ2v) is 6.46. The van der Waals surface area contributed by atoms with E-state index in [2.05, 4.69) is 5.32 Å². The van der Waals surface area contributed by atoms with Crippen LogP contribution in [0, 0.1) is 0 Å². The summed E-state index contributed by atoms with van der Waals surface area (Å²) in [5.41, 5.74) is 0. The maximum atomic E-state index is 11.8. The summed E-state index contributed by atoms with van der Waals surface area (Å²) in [6.45, 7) is -0.399. The van der Waals surface area contributed by atoms with E-state index >= 15 is 0 Å². The monoisotopic (exact) mass is 385 g/mol. The molecule has 2 N–H and O–H groups in total. The molecule has 0 saturated carbocycles. The Morgan fingerprint density at radius 1 is 1.32 bits per heavy atom. The molecule has 1 amide bonds. The maximum absolute atomic E-state index is 11.8. The number of carboxylic acids is 1. The highest BCUT2D eigenvalue weighted by atomic mass is 35.5. The van der Waals surface area contributed by atoms with Crippen molar-refractivity contribution in [3.63, 3.8) is 0 Å². The lowest BCUT2D eigenvalue weighted by atomic mass is 10.2. The van der Waals surface area contributed by atoms with Gasteiger partial charge in [0.1, 0.15) is 6.04 Å². The molecular weight excluding hydrogens is 373 g/mol. The number of amides is 1. The van der Waals surface area contributed by atoms with Crippen molar-refractivity contribution in [2.45, 2.75) is 12.5 Å². The van der Waals surface area contributed by atoms with Crippen molar-refractivity contribution in [3.05, 3.63) is 27.2 Å². The van der Waals surface area contributed by atoms with Gasteiger partial charge in [-0.2, -0.15) is 11.8 Å². The first-order valence-electron chi connectivity index (χ1n) is 6.13. The SMILES string of the molecule is CSCC[C@@H](NC(=O)COc1c(Cl)cc(Cl)cc1Cl)C(=O)O. The molecule has 9 heteroatoms. The Balaban J connectivity index is 2.60. The van der Waals surface area contributed by atoms with Crippen LogP contribution in [0.25, 0.3) is 0 Å². The van der Waals surface area contributed by atoms with Crippen molar-refractivity contribution in [2.75, 3.05) is 18.6 Å². The Kier molecular flexibility index (Phi) is 8.17. The van der Waals surface area contributed by atoms with Gasteiger partial charge in [-0.05, 0) is 30.6 Å². The lowest BCUT2D eigenvalue weighted by molar-refractivity contribution is -0.142. The highest BCUT2D eigenvalue weighted by molar-refractivity contribution is 7.98. The van der Waals surface area contributed by atoms with Crippen molar-refractivity contribution in [2.24, 2.45) is 0 Å². The number of aliphatic carboxylic acids is 1. The molecular formula is C13H14Cl3NO4S. The largest absolute Gasteiger partial charge is 0.481 e. The summed E-state index contributed by atoms with van der Waals surface area (Å²) in [4.78, 5) is 22.8. The number of hydrogen-bond acceptors (Lipinski definition) is 4. The molecule has 0 bridgehead atoms. The number of benzene rings is 1. The number of carbonyl (C=O) groups excluding carboxylic acids is 1. The van der Waals surface area contributed by atoms with Gasteiger partial charge in [0, 0.05) is 5.02 Å². The molecule has 0 aromatic heterocycles. The fourth-order valence-electron chi connectivity index (χ4n) is 1.53. The second kappa shape index (κ2) is 9.35. The Hall–Kier alpha value is -0.820. The van der Waals surface area contributed by atoms with Crippen molar-refractivity contribution in [1.82, 2.24) is 5.32 Å². The summed E-state index contributed by atoms with van der Waals surface area (Å²) in [5.74, 6) is -0.924. The minimum absolute atomic E-state index is 0.124. The molecule has 1 atom stereocenters. The van der Waals surface area contributed by atoms with Gasteiger partial charge in [0.2, 0.25) is 0 Å². The number of hydrogen-bond donors (Lipinski definition) is 2. The maximum Gasteiger partial charge on any atom is 0.326 e. The Bertz CT molecular complexity index is 533. The predicted molar refractivity (Wildman–Crippen MR) is 89.5 cm³/mol. The Labute approximate surface area is 147 Å². The standard InChI is InChI=1S/C13H14Cl3NO4S/c1-22-3-2-10(13(19)20)17-11(18)6-21-12-8(15)4-7(14)5-9(12)16/h4-5,10H,2-3,6H2,1H3,(H,17,18)(H,19,20)/t10-/m1/s1. The zero-order valence-electron chi connectivity index (χ0n) is 11.6. The first-order valence-corrected chi connectivity index (χ1v) is 8.66. The second-order valence-electron chi connectivity index (χ2n) is 4.23. The van der Waals surface area contributed by atoms with Gasteiger partial charge in [-0.1, -0.05) is 34.8 Å². The molecule has 0 heterocycles. The predicted octanol–water partition coefficient (Wildman–Crippen LogP) is 3.35. The highest BCUT2D eigenvalue weighted by Gasteiger charge is 2.20. The van der Waals surface area contributed by atoms with E-state index in [1.807, 2.05) is 6.26 Å². The minimum atomic E-state index is -1.09. The van der Waals surface area contributed by atoms with Gasteiger partial charge in [0.15, 0.2) is 12.4 Å². The average molecular weight is 387 g/mol. The van der Waals surface area contributed by atoms with Crippen LogP contribution in [0.3, 0.4) is 0 Å². The molecule has 0 aliphatic rings. The molecule has 122 valence electrons. The van der Waals surface area contributed by atoms with Gasteiger partial charge in [0.25, 0.3) is 5.91 Å². The van der Waals surface area contributed by atoms with Crippen molar-refractivity contribution < 1.29 is 19.4 Å². The Morgan fingerprint density at radius 3 is 2.41 bits per heavy atom. The summed E-state index contributed by atoms with van der Waals surface area (Å²) >= 11 is 19.1. The van der Waals surface area contributed by atoms with Crippen LogP contribution in [0.5, 0.6) is 5.75 Å².